The van der Waals surface area contributed by atoms with Gasteiger partial charge in [-0.3, -0.25) is 9.78 Å². The number of ether oxygens (including phenoxy) is 1. The molecule has 3 heterocycles. The first-order valence-electron chi connectivity index (χ1n) is 9.11. The summed E-state index contributed by atoms with van der Waals surface area (Å²) in [6.45, 7) is 4.34. The Morgan fingerprint density at radius 2 is 2.08 bits per heavy atom. The average molecular weight is 369 g/mol. The quantitative estimate of drug-likeness (QED) is 0.813. The number of carbonyl (C=O) groups excluding carboxylic acids is 1. The summed E-state index contributed by atoms with van der Waals surface area (Å²) in [6.07, 6.45) is 3.59. The van der Waals surface area contributed by atoms with Crippen LogP contribution in [0.5, 0.6) is 0 Å². The molecule has 5 heteroatoms. The lowest BCUT2D eigenvalue weighted by molar-refractivity contribution is -0.136. The molecule has 1 spiro atoms. The summed E-state index contributed by atoms with van der Waals surface area (Å²) >= 11 is 1.96. The largest absolute Gasteiger partial charge is 0.371 e. The van der Waals surface area contributed by atoms with Crippen molar-refractivity contribution in [1.29, 1.82) is 0 Å². The van der Waals surface area contributed by atoms with E-state index in [4.69, 9.17) is 4.74 Å². The number of carbonyl (C=O) groups is 1. The van der Waals surface area contributed by atoms with Crippen LogP contribution in [0.4, 0.5) is 0 Å². The molecule has 1 aromatic heterocycles. The van der Waals surface area contributed by atoms with Gasteiger partial charge in [0.05, 0.1) is 29.6 Å². The van der Waals surface area contributed by atoms with E-state index in [0.29, 0.717) is 13.0 Å². The van der Waals surface area contributed by atoms with Crippen molar-refractivity contribution in [2.24, 2.45) is 0 Å². The van der Waals surface area contributed by atoms with Crippen LogP contribution in [-0.4, -0.2) is 45.5 Å². The summed E-state index contributed by atoms with van der Waals surface area (Å²) in [5, 5.41) is 0. The maximum absolute atomic E-state index is 12.5. The Bertz CT molecular complexity index is 757. The number of benzene rings is 1. The molecule has 0 aliphatic carbocycles. The smallest absolute Gasteiger partial charge is 0.227 e. The first-order valence-corrected chi connectivity index (χ1v) is 10.1. The molecule has 2 aromatic rings. The molecule has 26 heavy (non-hydrogen) atoms. The Labute approximate surface area is 159 Å². The van der Waals surface area contributed by atoms with Crippen molar-refractivity contribution in [3.8, 4) is 0 Å². The van der Waals surface area contributed by atoms with Crippen molar-refractivity contribution in [1.82, 2.24) is 9.88 Å². The van der Waals surface area contributed by atoms with Crippen LogP contribution >= 0.6 is 11.8 Å². The molecule has 0 bridgehead atoms. The van der Waals surface area contributed by atoms with Crippen LogP contribution < -0.4 is 0 Å². The predicted octanol–water partition coefficient (Wildman–Crippen LogP) is 3.24. The zero-order chi connectivity index (χ0) is 18.0. The molecule has 2 saturated heterocycles. The maximum atomic E-state index is 12.5. The molecule has 1 amide bonds. The Morgan fingerprint density at radius 3 is 2.81 bits per heavy atom. The second kappa shape index (κ2) is 7.41. The van der Waals surface area contributed by atoms with E-state index < -0.39 is 0 Å². The predicted molar refractivity (Wildman–Crippen MR) is 104 cm³/mol. The van der Waals surface area contributed by atoms with Gasteiger partial charge in [0, 0.05) is 25.0 Å². The third-order valence-electron chi connectivity index (χ3n) is 5.15. The van der Waals surface area contributed by atoms with Gasteiger partial charge in [-0.05, 0) is 31.0 Å². The fraction of sp³-hybridized carbons (Fsp3) is 0.429. The first kappa shape index (κ1) is 17.6. The molecule has 2 aliphatic heterocycles. The zero-order valence-electron chi connectivity index (χ0n) is 15.1. The molecule has 0 radical (unpaired) electrons. The second-order valence-corrected chi connectivity index (χ2v) is 8.85. The number of aromatic nitrogens is 1. The van der Waals surface area contributed by atoms with E-state index >= 15 is 0 Å². The lowest BCUT2D eigenvalue weighted by Crippen LogP contribution is -2.61. The molecule has 0 saturated carbocycles. The van der Waals surface area contributed by atoms with Crippen molar-refractivity contribution in [3.63, 3.8) is 0 Å². The highest BCUT2D eigenvalue weighted by Gasteiger charge is 2.50. The molecule has 1 aromatic carbocycles. The third-order valence-corrected chi connectivity index (χ3v) is 6.73. The average Bonchev–Trinajstić information content (AvgIpc) is 3.06. The lowest BCUT2D eigenvalue weighted by atomic mass is 9.92. The highest BCUT2D eigenvalue weighted by molar-refractivity contribution is 8.01. The van der Waals surface area contributed by atoms with E-state index in [1.165, 1.54) is 5.56 Å². The van der Waals surface area contributed by atoms with Crippen molar-refractivity contribution < 1.29 is 9.53 Å². The molecule has 136 valence electrons. The Balaban J connectivity index is 1.23. The van der Waals surface area contributed by atoms with Crippen LogP contribution in [-0.2, 0) is 22.6 Å². The molecule has 4 nitrogen and oxygen atoms in total. The minimum Gasteiger partial charge on any atom is -0.371 e. The van der Waals surface area contributed by atoms with Gasteiger partial charge < -0.3 is 9.64 Å². The monoisotopic (exact) mass is 368 g/mol. The van der Waals surface area contributed by atoms with Crippen molar-refractivity contribution in [2.75, 3.05) is 18.8 Å². The van der Waals surface area contributed by atoms with E-state index in [-0.39, 0.29) is 16.8 Å². The summed E-state index contributed by atoms with van der Waals surface area (Å²) in [5.41, 5.74) is 3.29. The fourth-order valence-electron chi connectivity index (χ4n) is 3.63. The van der Waals surface area contributed by atoms with Crippen molar-refractivity contribution in [2.45, 2.75) is 37.2 Å². The number of aryl methyl sites for hydroxylation is 1. The van der Waals surface area contributed by atoms with Crippen LogP contribution in [0.2, 0.25) is 0 Å². The molecular formula is C21H24N2O2S. The molecule has 1 atom stereocenters. The maximum Gasteiger partial charge on any atom is 0.227 e. The van der Waals surface area contributed by atoms with E-state index in [1.54, 1.807) is 6.20 Å². The number of thioether (sulfide) groups is 1. The number of hydrogen-bond acceptors (Lipinski definition) is 4. The Hall–Kier alpha value is -1.85. The minimum atomic E-state index is 0.206. The van der Waals surface area contributed by atoms with Gasteiger partial charge in [0.1, 0.15) is 0 Å². The van der Waals surface area contributed by atoms with Crippen molar-refractivity contribution >= 4 is 17.7 Å². The van der Waals surface area contributed by atoms with Crippen LogP contribution in [0.15, 0.2) is 48.7 Å². The van der Waals surface area contributed by atoms with Gasteiger partial charge >= 0.3 is 0 Å². The number of pyridine rings is 1. The van der Waals surface area contributed by atoms with Gasteiger partial charge in [-0.1, -0.05) is 35.9 Å². The second-order valence-electron chi connectivity index (χ2n) is 7.36. The van der Waals surface area contributed by atoms with Gasteiger partial charge in [-0.25, -0.2) is 0 Å². The van der Waals surface area contributed by atoms with Gasteiger partial charge in [0.2, 0.25) is 5.91 Å². The topological polar surface area (TPSA) is 42.4 Å². The summed E-state index contributed by atoms with van der Waals surface area (Å²) in [5.74, 6) is 1.24. The molecule has 4 rings (SSSR count). The first-order chi connectivity index (χ1) is 12.6. The van der Waals surface area contributed by atoms with Crippen LogP contribution in [0, 0.1) is 6.92 Å². The number of hydrogen-bond donors (Lipinski definition) is 0. The molecule has 1 unspecified atom stereocenters. The number of amides is 1. The standard InChI is InChI=1S/C21H24N2O2S/c1-16-5-7-17(8-6-16)10-20(24)23-14-21(15-23)11-19(13-26-21)25-12-18-4-2-3-9-22-18/h2-9,19H,10-15H2,1H3. The van der Waals surface area contributed by atoms with Crippen molar-refractivity contribution in [3.05, 3.63) is 65.5 Å². The van der Waals surface area contributed by atoms with Crippen LogP contribution in [0.1, 0.15) is 23.2 Å². The van der Waals surface area contributed by atoms with E-state index in [0.717, 1.165) is 36.5 Å². The SMILES string of the molecule is Cc1ccc(CC(=O)N2CC3(CC(OCc4ccccn4)CS3)C2)cc1. The molecular weight excluding hydrogens is 344 g/mol. The summed E-state index contributed by atoms with van der Waals surface area (Å²) in [4.78, 5) is 18.8. The highest BCUT2D eigenvalue weighted by atomic mass is 32.2. The van der Waals surface area contributed by atoms with Gasteiger partial charge in [-0.15, -0.1) is 11.8 Å². The lowest BCUT2D eigenvalue weighted by Gasteiger charge is -2.47. The third kappa shape index (κ3) is 3.94. The van der Waals surface area contributed by atoms with E-state index in [2.05, 4.69) is 36.2 Å². The zero-order valence-corrected chi connectivity index (χ0v) is 15.9. The normalized spacial score (nSPS) is 21.0. The summed E-state index contributed by atoms with van der Waals surface area (Å²) < 4.78 is 6.24. The van der Waals surface area contributed by atoms with Gasteiger partial charge in [0.15, 0.2) is 0 Å². The summed E-state index contributed by atoms with van der Waals surface area (Å²) in [7, 11) is 0. The molecule has 2 aliphatic rings. The number of rotatable bonds is 5. The fourth-order valence-corrected chi connectivity index (χ4v) is 5.19. The van der Waals surface area contributed by atoms with Gasteiger partial charge in [0.25, 0.3) is 0 Å². The summed E-state index contributed by atoms with van der Waals surface area (Å²) in [6, 6.07) is 14.1. The highest BCUT2D eigenvalue weighted by Crippen LogP contribution is 2.46. The Morgan fingerprint density at radius 1 is 1.27 bits per heavy atom. The minimum absolute atomic E-state index is 0.206. The van der Waals surface area contributed by atoms with Crippen LogP contribution in [0.3, 0.4) is 0 Å². The van der Waals surface area contributed by atoms with Crippen LogP contribution in [0.25, 0.3) is 0 Å². The van der Waals surface area contributed by atoms with E-state index in [9.17, 15) is 4.79 Å². The van der Waals surface area contributed by atoms with E-state index in [1.807, 2.05) is 34.9 Å². The number of likely N-dealkylation sites (tertiary alicyclic amines) is 1. The number of nitrogens with zero attached hydrogens (tertiary/aromatic N) is 2. The molecule has 0 N–H and O–H groups in total. The van der Waals surface area contributed by atoms with Gasteiger partial charge in [-0.2, -0.15) is 0 Å². The Kier molecular flexibility index (Phi) is 5.00. The molecule has 2 fully saturated rings.